The quantitative estimate of drug-likeness (QED) is 0.333. The molecular formula is C19H36O5. The lowest BCUT2D eigenvalue weighted by Gasteiger charge is -2.20. The minimum Gasteiger partial charge on any atom is -0.394 e. The second kappa shape index (κ2) is 13.8. The minimum absolute atomic E-state index is 0.265. The van der Waals surface area contributed by atoms with E-state index in [2.05, 4.69) is 19.1 Å². The first-order valence-corrected chi connectivity index (χ1v) is 9.55. The summed E-state index contributed by atoms with van der Waals surface area (Å²) in [6, 6.07) is 0. The first-order valence-electron chi connectivity index (χ1n) is 9.55. The first-order chi connectivity index (χ1) is 11.7. The van der Waals surface area contributed by atoms with Gasteiger partial charge in [-0.05, 0) is 32.1 Å². The number of unbranched alkanes of at least 4 members (excludes halogenated alkanes) is 7. The van der Waals surface area contributed by atoms with Crippen LogP contribution >= 0.6 is 0 Å². The Kier molecular flexibility index (Phi) is 12.4. The van der Waals surface area contributed by atoms with Crippen LogP contribution in [0.5, 0.6) is 0 Å². The van der Waals surface area contributed by atoms with E-state index in [9.17, 15) is 10.2 Å². The number of ether oxygens (including phenoxy) is 2. The van der Waals surface area contributed by atoms with Crippen molar-refractivity contribution < 1.29 is 24.8 Å². The molecule has 1 heterocycles. The van der Waals surface area contributed by atoms with E-state index >= 15 is 0 Å². The average molecular weight is 344 g/mol. The lowest BCUT2D eigenvalue weighted by molar-refractivity contribution is -0.0730. The molecule has 1 fully saturated rings. The van der Waals surface area contributed by atoms with Crippen LogP contribution in [0.1, 0.15) is 64.7 Å². The third-order valence-electron chi connectivity index (χ3n) is 4.47. The molecule has 1 aliphatic rings. The molecule has 1 saturated heterocycles. The van der Waals surface area contributed by atoms with Crippen molar-refractivity contribution in [3.05, 3.63) is 12.2 Å². The van der Waals surface area contributed by atoms with Crippen LogP contribution in [0.25, 0.3) is 0 Å². The molecule has 0 aromatic heterocycles. The Balaban J connectivity index is 1.95. The SMILES string of the molecule is CCCCCCC/C=C/CCCCO[C@@H]1CO[C@@H]([C@@H](O)CO)[C@H]1O. The Hall–Kier alpha value is -0.460. The highest BCUT2D eigenvalue weighted by atomic mass is 16.6. The maximum atomic E-state index is 10.00. The fraction of sp³-hybridized carbons (Fsp3) is 0.895. The van der Waals surface area contributed by atoms with Crippen molar-refractivity contribution >= 4 is 0 Å². The largest absolute Gasteiger partial charge is 0.394 e. The highest BCUT2D eigenvalue weighted by molar-refractivity contribution is 4.88. The number of aliphatic hydroxyl groups excluding tert-OH is 3. The second-order valence-corrected chi connectivity index (χ2v) is 6.62. The van der Waals surface area contributed by atoms with Gasteiger partial charge >= 0.3 is 0 Å². The lowest BCUT2D eigenvalue weighted by atomic mass is 10.1. The van der Waals surface area contributed by atoms with E-state index in [1.807, 2.05) is 0 Å². The molecule has 5 heteroatoms. The summed E-state index contributed by atoms with van der Waals surface area (Å²) in [7, 11) is 0. The van der Waals surface area contributed by atoms with Gasteiger partial charge in [0.1, 0.15) is 24.4 Å². The van der Waals surface area contributed by atoms with Gasteiger partial charge in [-0.3, -0.25) is 0 Å². The summed E-state index contributed by atoms with van der Waals surface area (Å²) in [5.74, 6) is 0. The topological polar surface area (TPSA) is 79.2 Å². The van der Waals surface area contributed by atoms with Crippen LogP contribution < -0.4 is 0 Å². The fourth-order valence-corrected chi connectivity index (χ4v) is 2.90. The molecule has 0 aromatic carbocycles. The predicted octanol–water partition coefficient (Wildman–Crippen LogP) is 2.57. The normalized spacial score (nSPS) is 25.6. The van der Waals surface area contributed by atoms with Crippen LogP contribution in [0.2, 0.25) is 0 Å². The van der Waals surface area contributed by atoms with Gasteiger partial charge in [0.2, 0.25) is 0 Å². The van der Waals surface area contributed by atoms with Crippen LogP contribution in [0.4, 0.5) is 0 Å². The molecule has 0 bridgehead atoms. The van der Waals surface area contributed by atoms with Gasteiger partial charge in [-0.25, -0.2) is 0 Å². The maximum Gasteiger partial charge on any atom is 0.114 e. The van der Waals surface area contributed by atoms with Crippen molar-refractivity contribution in [2.24, 2.45) is 0 Å². The molecule has 0 aliphatic carbocycles. The molecule has 0 saturated carbocycles. The van der Waals surface area contributed by atoms with Crippen LogP contribution in [0.3, 0.4) is 0 Å². The third-order valence-corrected chi connectivity index (χ3v) is 4.47. The Labute approximate surface area is 146 Å². The molecule has 142 valence electrons. The van der Waals surface area contributed by atoms with Crippen molar-refractivity contribution in [2.45, 2.75) is 89.1 Å². The monoisotopic (exact) mass is 344 g/mol. The Morgan fingerprint density at radius 2 is 1.75 bits per heavy atom. The first kappa shape index (κ1) is 21.6. The van der Waals surface area contributed by atoms with Crippen LogP contribution in [-0.4, -0.2) is 59.6 Å². The average Bonchev–Trinajstić information content (AvgIpc) is 2.96. The summed E-state index contributed by atoms with van der Waals surface area (Å²) in [5, 5.41) is 28.4. The standard InChI is InChI=1S/C19H36O5/c1-2-3-4-5-6-7-8-9-10-11-12-13-23-17-15-24-19(18(17)22)16(21)14-20/h8-9,16-22H,2-7,10-15H2,1H3/b9-8+/t16-,17+,18-,19-/m0/s1. The van der Waals surface area contributed by atoms with Gasteiger partial charge < -0.3 is 24.8 Å². The predicted molar refractivity (Wildman–Crippen MR) is 94.9 cm³/mol. The Bertz CT molecular complexity index is 321. The van der Waals surface area contributed by atoms with E-state index in [1.54, 1.807) is 0 Å². The number of aliphatic hydroxyl groups is 3. The van der Waals surface area contributed by atoms with Crippen molar-refractivity contribution in [1.29, 1.82) is 0 Å². The smallest absolute Gasteiger partial charge is 0.114 e. The molecule has 0 radical (unpaired) electrons. The van der Waals surface area contributed by atoms with Gasteiger partial charge in [0, 0.05) is 6.61 Å². The van der Waals surface area contributed by atoms with E-state index in [0.717, 1.165) is 19.3 Å². The molecule has 3 N–H and O–H groups in total. The summed E-state index contributed by atoms with van der Waals surface area (Å²) in [4.78, 5) is 0. The Morgan fingerprint density at radius 3 is 2.42 bits per heavy atom. The fourth-order valence-electron chi connectivity index (χ4n) is 2.90. The number of hydrogen-bond acceptors (Lipinski definition) is 5. The summed E-state index contributed by atoms with van der Waals surface area (Å²) < 4.78 is 10.9. The molecule has 5 nitrogen and oxygen atoms in total. The molecule has 1 aliphatic heterocycles. The molecule has 0 unspecified atom stereocenters. The molecular weight excluding hydrogens is 308 g/mol. The van der Waals surface area contributed by atoms with Crippen molar-refractivity contribution in [3.63, 3.8) is 0 Å². The van der Waals surface area contributed by atoms with Gasteiger partial charge in [-0.2, -0.15) is 0 Å². The van der Waals surface area contributed by atoms with E-state index in [1.165, 1.54) is 38.5 Å². The zero-order valence-corrected chi connectivity index (χ0v) is 15.1. The molecule has 24 heavy (non-hydrogen) atoms. The number of allylic oxidation sites excluding steroid dienone is 2. The molecule has 4 atom stereocenters. The maximum absolute atomic E-state index is 10.00. The summed E-state index contributed by atoms with van der Waals surface area (Å²) in [6.45, 7) is 2.67. The lowest BCUT2D eigenvalue weighted by Crippen LogP contribution is -2.41. The molecule has 1 rings (SSSR count). The van der Waals surface area contributed by atoms with Crippen molar-refractivity contribution in [2.75, 3.05) is 19.8 Å². The summed E-state index contributed by atoms with van der Waals surface area (Å²) in [5.41, 5.74) is 0. The van der Waals surface area contributed by atoms with E-state index in [-0.39, 0.29) is 6.61 Å². The van der Waals surface area contributed by atoms with Gasteiger partial charge in [0.15, 0.2) is 0 Å². The summed E-state index contributed by atoms with van der Waals surface area (Å²) in [6.07, 6.45) is 12.3. The van der Waals surface area contributed by atoms with Gasteiger partial charge in [0.25, 0.3) is 0 Å². The van der Waals surface area contributed by atoms with E-state index in [0.29, 0.717) is 6.61 Å². The minimum atomic E-state index is -1.05. The van der Waals surface area contributed by atoms with Crippen LogP contribution in [0.15, 0.2) is 12.2 Å². The Morgan fingerprint density at radius 1 is 1.08 bits per heavy atom. The van der Waals surface area contributed by atoms with E-state index in [4.69, 9.17) is 14.6 Å². The highest BCUT2D eigenvalue weighted by Gasteiger charge is 2.40. The number of hydrogen-bond donors (Lipinski definition) is 3. The van der Waals surface area contributed by atoms with E-state index < -0.39 is 31.0 Å². The zero-order chi connectivity index (χ0) is 17.6. The molecule has 0 aromatic rings. The zero-order valence-electron chi connectivity index (χ0n) is 15.1. The number of rotatable bonds is 14. The van der Waals surface area contributed by atoms with Crippen molar-refractivity contribution in [1.82, 2.24) is 0 Å². The third kappa shape index (κ3) is 8.58. The summed E-state index contributed by atoms with van der Waals surface area (Å²) >= 11 is 0. The molecule has 0 spiro atoms. The van der Waals surface area contributed by atoms with Gasteiger partial charge in [-0.1, -0.05) is 44.8 Å². The second-order valence-electron chi connectivity index (χ2n) is 6.62. The molecule has 0 amide bonds. The van der Waals surface area contributed by atoms with Gasteiger partial charge in [0.05, 0.1) is 13.2 Å². The van der Waals surface area contributed by atoms with Crippen molar-refractivity contribution in [3.8, 4) is 0 Å². The highest BCUT2D eigenvalue weighted by Crippen LogP contribution is 2.20. The van der Waals surface area contributed by atoms with Crippen LogP contribution in [-0.2, 0) is 9.47 Å². The van der Waals surface area contributed by atoms with Crippen LogP contribution in [0, 0.1) is 0 Å². The van der Waals surface area contributed by atoms with Gasteiger partial charge in [-0.15, -0.1) is 0 Å².